The van der Waals surface area contributed by atoms with Gasteiger partial charge in [-0.15, -0.1) is 16.4 Å². The number of rotatable bonds is 4. The maximum atomic E-state index is 12.6. The number of carbonyl (C=O) groups is 1. The van der Waals surface area contributed by atoms with E-state index in [1.165, 1.54) is 40.8 Å². The van der Waals surface area contributed by atoms with Gasteiger partial charge in [0.25, 0.3) is 5.91 Å². The van der Waals surface area contributed by atoms with Crippen LogP contribution in [-0.4, -0.2) is 40.8 Å². The molecule has 4 aromatic rings. The molecule has 0 radical (unpaired) electrons. The highest BCUT2D eigenvalue weighted by molar-refractivity contribution is 7.14. The fourth-order valence-electron chi connectivity index (χ4n) is 2.34. The second kappa shape index (κ2) is 7.73. The van der Waals surface area contributed by atoms with Gasteiger partial charge in [-0.25, -0.2) is 15.0 Å². The van der Waals surface area contributed by atoms with Crippen LogP contribution in [0.3, 0.4) is 0 Å². The van der Waals surface area contributed by atoms with Crippen LogP contribution < -0.4 is 5.32 Å². The Morgan fingerprint density at radius 3 is 2.93 bits per heavy atom. The molecule has 0 unspecified atom stereocenters. The molecule has 0 atom stereocenters. The number of carbonyl (C=O) groups excluding carboxylic acids is 1. The van der Waals surface area contributed by atoms with Crippen LogP contribution in [0.5, 0.6) is 0 Å². The Kier molecular flexibility index (Phi) is 4.81. The SMILES string of the molecule is CC#Cc1cccc(-c2csc(NC(=O)c3cnnn3-c3cnccn3)n2)n1. The third kappa shape index (κ3) is 3.60. The van der Waals surface area contributed by atoms with Crippen molar-refractivity contribution in [3.63, 3.8) is 0 Å². The van der Waals surface area contributed by atoms with E-state index in [9.17, 15) is 4.79 Å². The largest absolute Gasteiger partial charge is 0.296 e. The third-order valence-corrected chi connectivity index (χ3v) is 4.30. The zero-order chi connectivity index (χ0) is 19.3. The van der Waals surface area contributed by atoms with Crippen LogP contribution in [0.2, 0.25) is 0 Å². The Hall–Kier alpha value is -3.97. The van der Waals surface area contributed by atoms with Crippen LogP contribution in [0.4, 0.5) is 5.13 Å². The summed E-state index contributed by atoms with van der Waals surface area (Å²) in [4.78, 5) is 29.6. The van der Waals surface area contributed by atoms with Crippen LogP contribution in [0.25, 0.3) is 17.2 Å². The first kappa shape index (κ1) is 17.4. The third-order valence-electron chi connectivity index (χ3n) is 3.54. The van der Waals surface area contributed by atoms with Gasteiger partial charge in [0.1, 0.15) is 11.4 Å². The summed E-state index contributed by atoms with van der Waals surface area (Å²) in [6.45, 7) is 1.76. The van der Waals surface area contributed by atoms with Crippen molar-refractivity contribution in [2.24, 2.45) is 0 Å². The lowest BCUT2D eigenvalue weighted by Gasteiger charge is -2.04. The standard InChI is InChI=1S/C18H12N8OS/c1-2-4-12-5-3-6-13(22-12)14-11-28-18(23-14)24-17(27)15-9-21-25-26(15)16-10-19-7-8-20-16/h3,5-11H,1H3,(H,23,24,27). The van der Waals surface area contributed by atoms with Crippen molar-refractivity contribution in [2.75, 3.05) is 5.32 Å². The summed E-state index contributed by atoms with van der Waals surface area (Å²) in [6, 6.07) is 5.54. The summed E-state index contributed by atoms with van der Waals surface area (Å²) in [5, 5.41) is 12.7. The van der Waals surface area contributed by atoms with Gasteiger partial charge in [-0.1, -0.05) is 17.2 Å². The molecule has 4 rings (SSSR count). The summed E-state index contributed by atoms with van der Waals surface area (Å²) >= 11 is 1.29. The van der Waals surface area contributed by atoms with Crippen molar-refractivity contribution in [3.05, 3.63) is 59.8 Å². The Labute approximate surface area is 163 Å². The number of amides is 1. The molecule has 0 aliphatic carbocycles. The van der Waals surface area contributed by atoms with E-state index < -0.39 is 5.91 Å². The van der Waals surface area contributed by atoms with Gasteiger partial charge in [0.2, 0.25) is 0 Å². The molecule has 1 amide bonds. The van der Waals surface area contributed by atoms with Crippen molar-refractivity contribution in [1.29, 1.82) is 0 Å². The van der Waals surface area contributed by atoms with E-state index in [0.717, 1.165) is 0 Å². The van der Waals surface area contributed by atoms with Gasteiger partial charge < -0.3 is 0 Å². The number of aromatic nitrogens is 7. The Morgan fingerprint density at radius 2 is 2.11 bits per heavy atom. The predicted molar refractivity (Wildman–Crippen MR) is 103 cm³/mol. The molecular weight excluding hydrogens is 376 g/mol. The Balaban J connectivity index is 1.55. The van der Waals surface area contributed by atoms with Crippen LogP contribution in [-0.2, 0) is 0 Å². The van der Waals surface area contributed by atoms with Gasteiger partial charge in [0.15, 0.2) is 16.6 Å². The normalized spacial score (nSPS) is 10.2. The minimum absolute atomic E-state index is 0.218. The van der Waals surface area contributed by atoms with Crippen molar-refractivity contribution in [1.82, 2.24) is 34.9 Å². The molecule has 4 heterocycles. The highest BCUT2D eigenvalue weighted by atomic mass is 32.1. The topological polar surface area (TPSA) is 111 Å². The fraction of sp³-hybridized carbons (Fsp3) is 0.0556. The molecule has 28 heavy (non-hydrogen) atoms. The van der Waals surface area contributed by atoms with Crippen molar-refractivity contribution in [2.45, 2.75) is 6.92 Å². The molecule has 0 fully saturated rings. The maximum Gasteiger partial charge on any atom is 0.277 e. The van der Waals surface area contributed by atoms with E-state index in [1.54, 1.807) is 6.92 Å². The van der Waals surface area contributed by atoms with Crippen LogP contribution >= 0.6 is 11.3 Å². The van der Waals surface area contributed by atoms with Gasteiger partial charge in [-0.3, -0.25) is 15.1 Å². The minimum Gasteiger partial charge on any atom is -0.296 e. The molecule has 136 valence electrons. The number of hydrogen-bond acceptors (Lipinski definition) is 8. The monoisotopic (exact) mass is 388 g/mol. The summed E-state index contributed by atoms with van der Waals surface area (Å²) in [7, 11) is 0. The smallest absolute Gasteiger partial charge is 0.277 e. The molecule has 0 saturated carbocycles. The van der Waals surface area contributed by atoms with Gasteiger partial charge in [-0.2, -0.15) is 4.68 Å². The second-order valence-electron chi connectivity index (χ2n) is 5.37. The molecule has 0 aliphatic rings. The molecule has 0 saturated heterocycles. The zero-order valence-corrected chi connectivity index (χ0v) is 15.4. The van der Waals surface area contributed by atoms with Crippen molar-refractivity contribution < 1.29 is 4.79 Å². The summed E-state index contributed by atoms with van der Waals surface area (Å²) < 4.78 is 1.31. The summed E-state index contributed by atoms with van der Waals surface area (Å²) in [5.74, 6) is 5.72. The van der Waals surface area contributed by atoms with Crippen molar-refractivity contribution >= 4 is 22.4 Å². The highest BCUT2D eigenvalue weighted by Gasteiger charge is 2.17. The molecule has 1 N–H and O–H groups in total. The molecule has 0 aromatic carbocycles. The maximum absolute atomic E-state index is 12.6. The van der Waals surface area contributed by atoms with Gasteiger partial charge in [-0.05, 0) is 25.0 Å². The highest BCUT2D eigenvalue weighted by Crippen LogP contribution is 2.24. The minimum atomic E-state index is -0.407. The lowest BCUT2D eigenvalue weighted by Crippen LogP contribution is -2.17. The van der Waals surface area contributed by atoms with E-state index in [2.05, 4.69) is 47.4 Å². The first-order valence-corrected chi connectivity index (χ1v) is 8.97. The summed E-state index contributed by atoms with van der Waals surface area (Å²) in [6.07, 6.45) is 5.89. The first-order chi connectivity index (χ1) is 13.7. The van der Waals surface area contributed by atoms with E-state index in [1.807, 2.05) is 23.6 Å². The Bertz CT molecular complexity index is 1190. The number of pyridine rings is 1. The quantitative estimate of drug-likeness (QED) is 0.533. The number of anilines is 1. The molecule has 0 aliphatic heterocycles. The predicted octanol–water partition coefficient (Wildman–Crippen LogP) is 2.20. The van der Waals surface area contributed by atoms with Gasteiger partial charge in [0, 0.05) is 17.8 Å². The first-order valence-electron chi connectivity index (χ1n) is 8.09. The fourth-order valence-corrected chi connectivity index (χ4v) is 3.04. The molecular formula is C18H12N8OS. The lowest BCUT2D eigenvalue weighted by molar-refractivity contribution is 0.101. The van der Waals surface area contributed by atoms with Crippen LogP contribution in [0.1, 0.15) is 23.1 Å². The molecule has 10 heteroatoms. The van der Waals surface area contributed by atoms with Crippen LogP contribution in [0, 0.1) is 11.8 Å². The molecule has 0 bridgehead atoms. The van der Waals surface area contributed by atoms with Gasteiger partial charge in [0.05, 0.1) is 18.1 Å². The van der Waals surface area contributed by atoms with E-state index in [4.69, 9.17) is 0 Å². The number of nitrogens with one attached hydrogen (secondary N) is 1. The average molecular weight is 388 g/mol. The second-order valence-corrected chi connectivity index (χ2v) is 6.23. The molecule has 0 spiro atoms. The Morgan fingerprint density at radius 1 is 1.18 bits per heavy atom. The van der Waals surface area contributed by atoms with E-state index in [0.29, 0.717) is 28.0 Å². The number of thiazole rings is 1. The van der Waals surface area contributed by atoms with Crippen LogP contribution in [0.15, 0.2) is 48.4 Å². The van der Waals surface area contributed by atoms with E-state index >= 15 is 0 Å². The zero-order valence-electron chi connectivity index (χ0n) is 14.6. The van der Waals surface area contributed by atoms with Gasteiger partial charge >= 0.3 is 0 Å². The number of nitrogens with zero attached hydrogens (tertiary/aromatic N) is 7. The lowest BCUT2D eigenvalue weighted by atomic mass is 10.2. The summed E-state index contributed by atoms with van der Waals surface area (Å²) in [5.41, 5.74) is 2.22. The average Bonchev–Trinajstić information content (AvgIpc) is 3.39. The molecule has 4 aromatic heterocycles. The number of hydrogen-bond donors (Lipinski definition) is 1. The van der Waals surface area contributed by atoms with Crippen molar-refractivity contribution in [3.8, 4) is 29.0 Å². The molecule has 9 nitrogen and oxygen atoms in total. The van der Waals surface area contributed by atoms with E-state index in [-0.39, 0.29) is 5.69 Å².